The van der Waals surface area contributed by atoms with Crippen LogP contribution in [0.3, 0.4) is 0 Å². The molecule has 5 heteroatoms. The zero-order chi connectivity index (χ0) is 13.8. The number of carbonyl (C=O) groups excluding carboxylic acids is 1. The Balaban J connectivity index is 2.20. The maximum atomic E-state index is 12.2. The van der Waals surface area contributed by atoms with Crippen LogP contribution in [0.25, 0.3) is 0 Å². The molecule has 4 nitrogen and oxygen atoms in total. The van der Waals surface area contributed by atoms with E-state index in [1.54, 1.807) is 54.8 Å². The van der Waals surface area contributed by atoms with Gasteiger partial charge in [0.2, 0.25) is 0 Å². The van der Waals surface area contributed by atoms with Crippen molar-refractivity contribution in [3.63, 3.8) is 0 Å². The number of carbonyl (C=O) groups is 1. The summed E-state index contributed by atoms with van der Waals surface area (Å²) >= 11 is 1.34. The summed E-state index contributed by atoms with van der Waals surface area (Å²) < 4.78 is 5.06. The minimum absolute atomic E-state index is 0.0991. The number of hydrogen-bond acceptors (Lipinski definition) is 4. The molecule has 0 radical (unpaired) electrons. The minimum atomic E-state index is -0.0991. The Morgan fingerprint density at radius 3 is 2.58 bits per heavy atom. The van der Waals surface area contributed by atoms with Gasteiger partial charge < -0.3 is 9.64 Å². The van der Waals surface area contributed by atoms with Crippen LogP contribution in [0.4, 0.5) is 5.69 Å². The summed E-state index contributed by atoms with van der Waals surface area (Å²) in [5.41, 5.74) is 1.32. The number of hydrogen-bond donors (Lipinski definition) is 0. The molecule has 1 aromatic heterocycles. The molecule has 2 rings (SSSR count). The molecule has 1 aromatic carbocycles. The lowest BCUT2D eigenvalue weighted by molar-refractivity contribution is 0.0996. The normalized spacial score (nSPS) is 9.74. The van der Waals surface area contributed by atoms with Crippen molar-refractivity contribution in [3.8, 4) is 11.8 Å². The average molecular weight is 272 g/mol. The highest BCUT2D eigenvalue weighted by molar-refractivity contribution is 7.12. The van der Waals surface area contributed by atoms with Crippen molar-refractivity contribution >= 4 is 22.9 Å². The van der Waals surface area contributed by atoms with Crippen LogP contribution in [0, 0.1) is 11.3 Å². The van der Waals surface area contributed by atoms with Crippen LogP contribution < -0.4 is 9.64 Å². The second-order valence-corrected chi connectivity index (χ2v) is 4.78. The van der Waals surface area contributed by atoms with Gasteiger partial charge in [0.15, 0.2) is 0 Å². The lowest BCUT2D eigenvalue weighted by Crippen LogP contribution is -2.25. The number of anilines is 1. The fraction of sp³-hybridized carbons (Fsp3) is 0.143. The Hall–Kier alpha value is -2.32. The molecule has 0 aliphatic rings. The van der Waals surface area contributed by atoms with Crippen molar-refractivity contribution in [2.75, 3.05) is 19.1 Å². The van der Waals surface area contributed by atoms with Crippen LogP contribution in [-0.4, -0.2) is 20.1 Å². The molecule has 0 spiro atoms. The molecule has 0 fully saturated rings. The first-order valence-electron chi connectivity index (χ1n) is 5.56. The van der Waals surface area contributed by atoms with Gasteiger partial charge in [-0.1, -0.05) is 0 Å². The quantitative estimate of drug-likeness (QED) is 0.863. The van der Waals surface area contributed by atoms with Crippen molar-refractivity contribution in [3.05, 3.63) is 46.2 Å². The van der Waals surface area contributed by atoms with Crippen LogP contribution in [0.1, 0.15) is 15.2 Å². The molecular weight excluding hydrogens is 260 g/mol. The molecule has 0 aliphatic carbocycles. The number of ether oxygens (including phenoxy) is 1. The first-order chi connectivity index (χ1) is 9.15. The molecule has 2 aromatic rings. The summed E-state index contributed by atoms with van der Waals surface area (Å²) in [4.78, 5) is 14.4. The highest BCUT2D eigenvalue weighted by Crippen LogP contribution is 2.24. The topological polar surface area (TPSA) is 53.3 Å². The summed E-state index contributed by atoms with van der Waals surface area (Å²) in [6.45, 7) is 0. The monoisotopic (exact) mass is 272 g/mol. The van der Waals surface area contributed by atoms with Crippen LogP contribution in [0.2, 0.25) is 0 Å². The van der Waals surface area contributed by atoms with Crippen molar-refractivity contribution < 1.29 is 9.53 Å². The number of thiophene rings is 1. The number of nitrogens with zero attached hydrogens (tertiary/aromatic N) is 2. The third-order valence-electron chi connectivity index (χ3n) is 2.71. The van der Waals surface area contributed by atoms with E-state index < -0.39 is 0 Å². The third kappa shape index (κ3) is 2.75. The fourth-order valence-corrected chi connectivity index (χ4v) is 2.41. The molecule has 1 heterocycles. The van der Waals surface area contributed by atoms with Crippen LogP contribution in [0.15, 0.2) is 35.7 Å². The van der Waals surface area contributed by atoms with Gasteiger partial charge in [-0.05, 0) is 24.3 Å². The van der Waals surface area contributed by atoms with E-state index in [9.17, 15) is 4.79 Å². The predicted molar refractivity (Wildman–Crippen MR) is 74.8 cm³/mol. The maximum absolute atomic E-state index is 12.2. The van der Waals surface area contributed by atoms with Crippen LogP contribution in [0.5, 0.6) is 5.75 Å². The van der Waals surface area contributed by atoms with E-state index in [2.05, 4.69) is 0 Å². The smallest absolute Gasteiger partial charge is 0.268 e. The molecule has 19 heavy (non-hydrogen) atoms. The van der Waals surface area contributed by atoms with Gasteiger partial charge in [0.1, 0.15) is 5.75 Å². The predicted octanol–water partition coefficient (Wildman–Crippen LogP) is 2.90. The Morgan fingerprint density at radius 1 is 1.37 bits per heavy atom. The molecule has 0 bridgehead atoms. The lowest BCUT2D eigenvalue weighted by Gasteiger charge is -2.16. The van der Waals surface area contributed by atoms with E-state index in [4.69, 9.17) is 10.00 Å². The van der Waals surface area contributed by atoms with Gasteiger partial charge in [-0.3, -0.25) is 4.79 Å². The molecule has 1 amide bonds. The SMILES string of the molecule is COc1csc(C(=O)N(C)c2ccc(C#N)cc2)c1. The number of nitriles is 1. The van der Waals surface area contributed by atoms with Gasteiger partial charge in [0.25, 0.3) is 5.91 Å². The van der Waals surface area contributed by atoms with Gasteiger partial charge in [-0.2, -0.15) is 5.26 Å². The molecule has 0 atom stereocenters. The molecule has 0 saturated heterocycles. The van der Waals surface area contributed by atoms with Gasteiger partial charge in [0.05, 0.1) is 23.6 Å². The number of rotatable bonds is 3. The summed E-state index contributed by atoms with van der Waals surface area (Å²) in [6.07, 6.45) is 0. The largest absolute Gasteiger partial charge is 0.496 e. The van der Waals surface area contributed by atoms with Crippen molar-refractivity contribution in [1.82, 2.24) is 0 Å². The van der Waals surface area contributed by atoms with E-state index in [1.165, 1.54) is 11.3 Å². The van der Waals surface area contributed by atoms with Crippen molar-refractivity contribution in [1.29, 1.82) is 5.26 Å². The van der Waals surface area contributed by atoms with Gasteiger partial charge in [0, 0.05) is 24.2 Å². The average Bonchev–Trinajstić information content (AvgIpc) is 2.94. The van der Waals surface area contributed by atoms with Gasteiger partial charge in [-0.25, -0.2) is 0 Å². The van der Waals surface area contributed by atoms with E-state index in [-0.39, 0.29) is 5.91 Å². The summed E-state index contributed by atoms with van der Waals surface area (Å²) in [5.74, 6) is 0.583. The van der Waals surface area contributed by atoms with E-state index in [1.807, 2.05) is 6.07 Å². The van der Waals surface area contributed by atoms with E-state index >= 15 is 0 Å². The van der Waals surface area contributed by atoms with Gasteiger partial charge in [-0.15, -0.1) is 11.3 Å². The van der Waals surface area contributed by atoms with E-state index in [0.29, 0.717) is 16.2 Å². The van der Waals surface area contributed by atoms with Crippen molar-refractivity contribution in [2.24, 2.45) is 0 Å². The first kappa shape index (κ1) is 13.1. The second kappa shape index (κ2) is 5.55. The molecule has 0 unspecified atom stereocenters. The molecular formula is C14H12N2O2S. The third-order valence-corrected chi connectivity index (χ3v) is 3.61. The number of amides is 1. The molecule has 0 saturated carbocycles. The Kier molecular flexibility index (Phi) is 3.83. The Labute approximate surface area is 115 Å². The van der Waals surface area contributed by atoms with Crippen LogP contribution >= 0.6 is 11.3 Å². The fourth-order valence-electron chi connectivity index (χ4n) is 1.58. The molecule has 96 valence electrons. The zero-order valence-electron chi connectivity index (χ0n) is 10.6. The van der Waals surface area contributed by atoms with Gasteiger partial charge >= 0.3 is 0 Å². The molecule has 0 N–H and O–H groups in total. The van der Waals surface area contributed by atoms with E-state index in [0.717, 1.165) is 5.69 Å². The summed E-state index contributed by atoms with van der Waals surface area (Å²) in [6, 6.07) is 10.6. The van der Waals surface area contributed by atoms with Crippen molar-refractivity contribution in [2.45, 2.75) is 0 Å². The molecule has 0 aliphatic heterocycles. The minimum Gasteiger partial charge on any atom is -0.496 e. The Morgan fingerprint density at radius 2 is 2.05 bits per heavy atom. The standard InChI is InChI=1S/C14H12N2O2S/c1-16(11-5-3-10(8-15)4-6-11)14(17)13-7-12(18-2)9-19-13/h3-7,9H,1-2H3. The number of benzene rings is 1. The highest BCUT2D eigenvalue weighted by atomic mass is 32.1. The lowest BCUT2D eigenvalue weighted by atomic mass is 10.2. The first-order valence-corrected chi connectivity index (χ1v) is 6.44. The summed E-state index contributed by atoms with van der Waals surface area (Å²) in [5, 5.41) is 10.5. The maximum Gasteiger partial charge on any atom is 0.268 e. The number of methoxy groups -OCH3 is 1. The zero-order valence-corrected chi connectivity index (χ0v) is 11.4. The second-order valence-electron chi connectivity index (χ2n) is 3.87. The Bertz CT molecular complexity index is 626. The highest BCUT2D eigenvalue weighted by Gasteiger charge is 2.15. The van der Waals surface area contributed by atoms with Crippen LogP contribution in [-0.2, 0) is 0 Å². The summed E-state index contributed by atoms with van der Waals surface area (Å²) in [7, 11) is 3.27.